The molecule has 0 spiro atoms. The van der Waals surface area contributed by atoms with Gasteiger partial charge >= 0.3 is 0 Å². The zero-order valence-electron chi connectivity index (χ0n) is 21.1. The molecule has 2 aliphatic heterocycles. The molecule has 9 heteroatoms. The van der Waals surface area contributed by atoms with Gasteiger partial charge in [-0.15, -0.1) is 0 Å². The number of amides is 1. The molecule has 0 radical (unpaired) electrons. The summed E-state index contributed by atoms with van der Waals surface area (Å²) in [4.78, 5) is 27.9. The Morgan fingerprint density at radius 3 is 2.36 bits per heavy atom. The summed E-state index contributed by atoms with van der Waals surface area (Å²) >= 11 is 0. The van der Waals surface area contributed by atoms with Gasteiger partial charge in [0, 0.05) is 32.2 Å². The molecule has 0 aliphatic carbocycles. The number of ether oxygens (including phenoxy) is 5. The largest absolute Gasteiger partial charge is 0.507 e. The molecule has 9 nitrogen and oxygen atoms in total. The summed E-state index contributed by atoms with van der Waals surface area (Å²) in [6.07, 6.45) is 1.24. The van der Waals surface area contributed by atoms with Crippen molar-refractivity contribution in [3.05, 3.63) is 52.6 Å². The summed E-state index contributed by atoms with van der Waals surface area (Å²) < 4.78 is 27.3. The molecular weight excluding hydrogens is 466 g/mol. The van der Waals surface area contributed by atoms with Crippen molar-refractivity contribution in [1.29, 1.82) is 0 Å². The third kappa shape index (κ3) is 4.46. The van der Waals surface area contributed by atoms with Crippen molar-refractivity contribution in [2.45, 2.75) is 31.9 Å². The molecule has 1 fully saturated rings. The van der Waals surface area contributed by atoms with Crippen molar-refractivity contribution < 1.29 is 38.4 Å². The van der Waals surface area contributed by atoms with Crippen LogP contribution in [0.3, 0.4) is 0 Å². The molecule has 192 valence electrons. The number of hydrogen-bond acceptors (Lipinski definition) is 8. The van der Waals surface area contributed by atoms with Crippen LogP contribution >= 0.6 is 0 Å². The van der Waals surface area contributed by atoms with Gasteiger partial charge in [-0.3, -0.25) is 9.59 Å². The van der Waals surface area contributed by atoms with E-state index in [0.717, 1.165) is 11.3 Å². The van der Waals surface area contributed by atoms with Gasteiger partial charge in [-0.2, -0.15) is 0 Å². The highest BCUT2D eigenvalue weighted by Crippen LogP contribution is 2.46. The lowest BCUT2D eigenvalue weighted by atomic mass is 9.94. The van der Waals surface area contributed by atoms with Crippen LogP contribution in [0.25, 0.3) is 5.76 Å². The normalized spacial score (nSPS) is 20.3. The van der Waals surface area contributed by atoms with E-state index in [-0.39, 0.29) is 24.0 Å². The molecule has 4 rings (SSSR count). The van der Waals surface area contributed by atoms with Crippen molar-refractivity contribution in [3.8, 4) is 23.0 Å². The van der Waals surface area contributed by atoms with E-state index < -0.39 is 17.7 Å². The number of aliphatic hydroxyl groups excluding tert-OH is 1. The number of aliphatic hydroxyl groups is 1. The van der Waals surface area contributed by atoms with Gasteiger partial charge in [-0.25, -0.2) is 0 Å². The van der Waals surface area contributed by atoms with E-state index in [4.69, 9.17) is 23.7 Å². The highest BCUT2D eigenvalue weighted by Gasteiger charge is 2.46. The van der Waals surface area contributed by atoms with Crippen LogP contribution < -0.4 is 18.9 Å². The van der Waals surface area contributed by atoms with Gasteiger partial charge in [0.05, 0.1) is 32.9 Å². The van der Waals surface area contributed by atoms with E-state index in [1.54, 1.807) is 37.4 Å². The first-order valence-corrected chi connectivity index (χ1v) is 11.7. The fourth-order valence-electron chi connectivity index (χ4n) is 4.82. The van der Waals surface area contributed by atoms with Gasteiger partial charge in [-0.1, -0.05) is 0 Å². The van der Waals surface area contributed by atoms with E-state index in [9.17, 15) is 14.7 Å². The molecule has 1 N–H and O–H groups in total. The molecule has 2 aliphatic rings. The third-order valence-corrected chi connectivity index (χ3v) is 6.46. The highest BCUT2D eigenvalue weighted by atomic mass is 16.5. The van der Waals surface area contributed by atoms with Crippen LogP contribution in [0, 0.1) is 0 Å². The van der Waals surface area contributed by atoms with Crippen molar-refractivity contribution >= 4 is 17.4 Å². The lowest BCUT2D eigenvalue weighted by molar-refractivity contribution is -0.140. The van der Waals surface area contributed by atoms with Crippen molar-refractivity contribution in [2.75, 3.05) is 41.6 Å². The molecule has 0 unspecified atom stereocenters. The van der Waals surface area contributed by atoms with Crippen LogP contribution in [-0.4, -0.2) is 69.4 Å². The molecule has 0 saturated carbocycles. The number of methoxy groups -OCH3 is 4. The van der Waals surface area contributed by atoms with Gasteiger partial charge in [0.25, 0.3) is 11.7 Å². The van der Waals surface area contributed by atoms with Gasteiger partial charge in [0.15, 0.2) is 11.5 Å². The van der Waals surface area contributed by atoms with E-state index >= 15 is 0 Å². The van der Waals surface area contributed by atoms with Crippen LogP contribution in [0.1, 0.15) is 36.1 Å². The summed E-state index contributed by atoms with van der Waals surface area (Å²) in [5.74, 6) is 0.186. The third-order valence-electron chi connectivity index (χ3n) is 6.46. The average Bonchev–Trinajstić information content (AvgIpc) is 3.38. The molecule has 2 atom stereocenters. The zero-order valence-corrected chi connectivity index (χ0v) is 21.1. The van der Waals surface area contributed by atoms with Crippen molar-refractivity contribution in [1.82, 2.24) is 4.90 Å². The average molecular weight is 498 g/mol. The summed E-state index contributed by atoms with van der Waals surface area (Å²) in [7, 11) is 6.05. The van der Waals surface area contributed by atoms with Crippen LogP contribution in [0.4, 0.5) is 0 Å². The molecule has 0 aromatic heterocycles. The zero-order chi connectivity index (χ0) is 26.0. The predicted octanol–water partition coefficient (Wildman–Crippen LogP) is 3.49. The minimum absolute atomic E-state index is 0.00129. The van der Waals surface area contributed by atoms with Gasteiger partial charge in [0.2, 0.25) is 5.75 Å². The Morgan fingerprint density at radius 2 is 1.75 bits per heavy atom. The fourth-order valence-corrected chi connectivity index (χ4v) is 4.82. The number of hydrogen-bond donors (Lipinski definition) is 1. The van der Waals surface area contributed by atoms with Crippen LogP contribution in [0.15, 0.2) is 35.9 Å². The molecular formula is C27H31NO8. The maximum absolute atomic E-state index is 13.3. The number of ketones is 1. The summed E-state index contributed by atoms with van der Waals surface area (Å²) in [5.41, 5.74) is 1.92. The van der Waals surface area contributed by atoms with E-state index in [1.165, 1.54) is 26.2 Å². The second-order valence-electron chi connectivity index (χ2n) is 8.75. The highest BCUT2D eigenvalue weighted by molar-refractivity contribution is 6.46. The molecule has 2 aromatic rings. The van der Waals surface area contributed by atoms with Gasteiger partial charge in [-0.05, 0) is 54.8 Å². The Balaban J connectivity index is 1.88. The quantitative estimate of drug-likeness (QED) is 0.243. The lowest BCUT2D eigenvalue weighted by Gasteiger charge is -2.26. The SMILES string of the molecule is COCCCN1C(=O)C(=O)C(=C(O)c2ccc3c(c2)C[C@H](C)O3)[C@@H]1c1cc(OC)c(OC)c(OC)c1. The minimum Gasteiger partial charge on any atom is -0.507 e. The number of Topliss-reactive ketones (excluding diaryl/α,β-unsaturated/α-hetero) is 1. The topological polar surface area (TPSA) is 104 Å². The monoisotopic (exact) mass is 497 g/mol. The molecule has 2 aromatic carbocycles. The summed E-state index contributed by atoms with van der Waals surface area (Å²) in [6.45, 7) is 2.63. The van der Waals surface area contributed by atoms with Crippen LogP contribution in [0.5, 0.6) is 23.0 Å². The predicted molar refractivity (Wildman–Crippen MR) is 132 cm³/mol. The minimum atomic E-state index is -0.862. The van der Waals surface area contributed by atoms with Crippen molar-refractivity contribution in [3.63, 3.8) is 0 Å². The van der Waals surface area contributed by atoms with E-state index in [1.807, 2.05) is 6.92 Å². The standard InChI is InChI=1S/C27H31NO8/c1-15-11-17-12-16(7-8-19(17)36-15)24(29)22-23(28(9-6-10-32-2)27(31)25(22)30)18-13-20(33-3)26(35-5)21(14-18)34-4/h7-8,12-15,23,29H,6,9-11H2,1-5H3/t15-,23-/m0/s1. The van der Waals surface area contributed by atoms with E-state index in [0.29, 0.717) is 47.8 Å². The molecule has 1 amide bonds. The van der Waals surface area contributed by atoms with Gasteiger partial charge in [0.1, 0.15) is 17.6 Å². The number of fused-ring (bicyclic) bond motifs is 1. The lowest BCUT2D eigenvalue weighted by Crippen LogP contribution is -2.31. The van der Waals surface area contributed by atoms with E-state index in [2.05, 4.69) is 0 Å². The van der Waals surface area contributed by atoms with Gasteiger partial charge < -0.3 is 33.7 Å². The Labute approximate surface area is 210 Å². The number of likely N-dealkylation sites (tertiary alicyclic amines) is 1. The Morgan fingerprint density at radius 1 is 1.06 bits per heavy atom. The second-order valence-corrected chi connectivity index (χ2v) is 8.75. The Hall–Kier alpha value is -3.72. The van der Waals surface area contributed by atoms with Crippen LogP contribution in [0.2, 0.25) is 0 Å². The fraction of sp³-hybridized carbons (Fsp3) is 0.407. The first-order chi connectivity index (χ1) is 17.3. The second kappa shape index (κ2) is 10.5. The molecule has 1 saturated heterocycles. The Bertz CT molecular complexity index is 1180. The number of carbonyl (C=O) groups is 2. The first-order valence-electron chi connectivity index (χ1n) is 11.7. The molecule has 2 heterocycles. The number of carbonyl (C=O) groups excluding carboxylic acids is 2. The summed E-state index contributed by atoms with van der Waals surface area (Å²) in [5, 5.41) is 11.4. The van der Waals surface area contributed by atoms with Crippen molar-refractivity contribution in [2.24, 2.45) is 0 Å². The Kier molecular flexibility index (Phi) is 7.40. The molecule has 0 bridgehead atoms. The first kappa shape index (κ1) is 25.4. The summed E-state index contributed by atoms with van der Waals surface area (Å²) in [6, 6.07) is 7.78. The number of benzene rings is 2. The number of nitrogens with zero attached hydrogens (tertiary/aromatic N) is 1. The smallest absolute Gasteiger partial charge is 0.295 e. The maximum Gasteiger partial charge on any atom is 0.295 e. The maximum atomic E-state index is 13.3. The van der Waals surface area contributed by atoms with Crippen LogP contribution in [-0.2, 0) is 20.7 Å². The number of rotatable bonds is 9. The molecule has 36 heavy (non-hydrogen) atoms.